The Labute approximate surface area is 122 Å². The molecule has 7 heteroatoms. The van der Waals surface area contributed by atoms with Gasteiger partial charge in [0.15, 0.2) is 0 Å². The van der Waals surface area contributed by atoms with Gasteiger partial charge < -0.3 is 10.4 Å². The lowest BCUT2D eigenvalue weighted by Gasteiger charge is -2.30. The molecule has 1 saturated carbocycles. The summed E-state index contributed by atoms with van der Waals surface area (Å²) in [5.74, 6) is -0.316. The Morgan fingerprint density at radius 1 is 1.52 bits per heavy atom. The van der Waals surface area contributed by atoms with E-state index in [9.17, 15) is 20.0 Å². The number of aromatic nitrogens is 1. The first-order chi connectivity index (χ1) is 10.0. The van der Waals surface area contributed by atoms with Crippen molar-refractivity contribution in [3.05, 3.63) is 33.6 Å². The van der Waals surface area contributed by atoms with Gasteiger partial charge in [0.25, 0.3) is 11.6 Å². The number of nitrogens with zero attached hydrogens (tertiary/aromatic N) is 2. The summed E-state index contributed by atoms with van der Waals surface area (Å²) in [7, 11) is 0. The van der Waals surface area contributed by atoms with Crippen LogP contribution in [-0.2, 0) is 0 Å². The van der Waals surface area contributed by atoms with E-state index in [1.165, 1.54) is 6.07 Å². The Morgan fingerprint density at radius 3 is 2.90 bits per heavy atom. The predicted molar refractivity (Wildman–Crippen MR) is 75.9 cm³/mol. The summed E-state index contributed by atoms with van der Waals surface area (Å²) in [4.78, 5) is 26.4. The first-order valence-electron chi connectivity index (χ1n) is 7.05. The van der Waals surface area contributed by atoms with Crippen LogP contribution in [0.15, 0.2) is 12.3 Å². The van der Waals surface area contributed by atoms with Gasteiger partial charge in [0.1, 0.15) is 6.20 Å². The Morgan fingerprint density at radius 2 is 2.24 bits per heavy atom. The lowest BCUT2D eigenvalue weighted by atomic mass is 9.85. The van der Waals surface area contributed by atoms with Gasteiger partial charge in [0, 0.05) is 24.6 Å². The van der Waals surface area contributed by atoms with Crippen LogP contribution in [0.4, 0.5) is 5.69 Å². The first-order valence-corrected chi connectivity index (χ1v) is 7.05. The summed E-state index contributed by atoms with van der Waals surface area (Å²) in [5, 5.41) is 23.0. The number of nitrogens with one attached hydrogen (secondary N) is 1. The molecular formula is C14H19N3O4. The van der Waals surface area contributed by atoms with Crippen molar-refractivity contribution in [2.45, 2.75) is 38.6 Å². The highest BCUT2D eigenvalue weighted by Crippen LogP contribution is 2.24. The average molecular weight is 293 g/mol. The van der Waals surface area contributed by atoms with Crippen molar-refractivity contribution in [2.75, 3.05) is 6.61 Å². The van der Waals surface area contributed by atoms with Gasteiger partial charge in [-0.1, -0.05) is 12.8 Å². The Balaban J connectivity index is 2.16. The van der Waals surface area contributed by atoms with Crippen molar-refractivity contribution in [3.8, 4) is 0 Å². The molecule has 0 aromatic carbocycles. The van der Waals surface area contributed by atoms with Gasteiger partial charge in [-0.3, -0.25) is 19.9 Å². The number of rotatable bonds is 4. The molecule has 21 heavy (non-hydrogen) atoms. The van der Waals surface area contributed by atoms with Crippen LogP contribution in [-0.4, -0.2) is 33.6 Å². The Hall–Kier alpha value is -2.02. The first kappa shape index (κ1) is 15.4. The Kier molecular flexibility index (Phi) is 4.85. The minimum absolute atomic E-state index is 0.0388. The molecule has 0 spiro atoms. The maximum Gasteiger partial charge on any atom is 0.288 e. The molecule has 7 nitrogen and oxygen atoms in total. The van der Waals surface area contributed by atoms with Gasteiger partial charge in [0.05, 0.1) is 16.2 Å². The molecule has 0 bridgehead atoms. The van der Waals surface area contributed by atoms with Gasteiger partial charge in [-0.2, -0.15) is 0 Å². The van der Waals surface area contributed by atoms with E-state index < -0.39 is 4.92 Å². The van der Waals surface area contributed by atoms with Gasteiger partial charge in [-0.15, -0.1) is 0 Å². The third-order valence-electron chi connectivity index (χ3n) is 3.99. The van der Waals surface area contributed by atoms with Crippen LogP contribution in [0.5, 0.6) is 0 Å². The second-order valence-electron chi connectivity index (χ2n) is 5.39. The second kappa shape index (κ2) is 6.62. The number of aryl methyl sites for hydroxylation is 1. The summed E-state index contributed by atoms with van der Waals surface area (Å²) in [6, 6.07) is 1.16. The zero-order valence-corrected chi connectivity index (χ0v) is 11.9. The fourth-order valence-electron chi connectivity index (χ4n) is 2.71. The third-order valence-corrected chi connectivity index (χ3v) is 3.99. The molecule has 2 atom stereocenters. The molecule has 0 saturated heterocycles. The Bertz CT molecular complexity index is 547. The number of aliphatic hydroxyl groups is 1. The van der Waals surface area contributed by atoms with Crippen LogP contribution < -0.4 is 5.32 Å². The number of carbonyl (C=O) groups is 1. The van der Waals surface area contributed by atoms with Crippen LogP contribution in [0.2, 0.25) is 0 Å². The second-order valence-corrected chi connectivity index (χ2v) is 5.39. The number of aliphatic hydroxyl groups excluding tert-OH is 1. The minimum Gasteiger partial charge on any atom is -0.396 e. The smallest absolute Gasteiger partial charge is 0.288 e. The lowest BCUT2D eigenvalue weighted by molar-refractivity contribution is -0.385. The summed E-state index contributed by atoms with van der Waals surface area (Å²) in [6.45, 7) is 1.68. The van der Waals surface area contributed by atoms with Crippen LogP contribution in [0, 0.1) is 23.0 Å². The van der Waals surface area contributed by atoms with E-state index in [2.05, 4.69) is 10.3 Å². The molecule has 2 unspecified atom stereocenters. The van der Waals surface area contributed by atoms with Crippen molar-refractivity contribution in [2.24, 2.45) is 5.92 Å². The van der Waals surface area contributed by atoms with E-state index in [1.807, 2.05) is 0 Å². The normalized spacial score (nSPS) is 21.8. The van der Waals surface area contributed by atoms with Crippen LogP contribution in [0.3, 0.4) is 0 Å². The zero-order chi connectivity index (χ0) is 15.4. The molecule has 2 N–H and O–H groups in total. The van der Waals surface area contributed by atoms with Crippen molar-refractivity contribution in [3.63, 3.8) is 0 Å². The van der Waals surface area contributed by atoms with E-state index in [0.717, 1.165) is 31.9 Å². The highest BCUT2D eigenvalue weighted by molar-refractivity contribution is 5.96. The van der Waals surface area contributed by atoms with Gasteiger partial charge >= 0.3 is 0 Å². The number of nitro groups is 1. The highest BCUT2D eigenvalue weighted by Gasteiger charge is 2.27. The van der Waals surface area contributed by atoms with E-state index in [-0.39, 0.29) is 35.7 Å². The number of carbonyl (C=O) groups excluding carboxylic acids is 1. The SMILES string of the molecule is Cc1ncc([N+](=O)[O-])cc1C(=O)NC1CCCCC1CO. The molecule has 1 fully saturated rings. The van der Waals surface area contributed by atoms with Crippen molar-refractivity contribution >= 4 is 11.6 Å². The average Bonchev–Trinajstić information content (AvgIpc) is 2.47. The van der Waals surface area contributed by atoms with Gasteiger partial charge in [0.2, 0.25) is 0 Å². The maximum atomic E-state index is 12.3. The van der Waals surface area contributed by atoms with Crippen LogP contribution in [0.1, 0.15) is 41.7 Å². The third kappa shape index (κ3) is 3.55. The summed E-state index contributed by atoms with van der Waals surface area (Å²) < 4.78 is 0. The number of hydrogen-bond donors (Lipinski definition) is 2. The lowest BCUT2D eigenvalue weighted by Crippen LogP contribution is -2.43. The zero-order valence-electron chi connectivity index (χ0n) is 11.9. The van der Waals surface area contributed by atoms with E-state index in [1.54, 1.807) is 6.92 Å². The maximum absolute atomic E-state index is 12.3. The topological polar surface area (TPSA) is 105 Å². The van der Waals surface area contributed by atoms with Gasteiger partial charge in [-0.25, -0.2) is 0 Å². The number of amides is 1. The summed E-state index contributed by atoms with van der Waals surface area (Å²) in [5.41, 5.74) is 0.467. The van der Waals surface area contributed by atoms with Crippen molar-refractivity contribution < 1.29 is 14.8 Å². The quantitative estimate of drug-likeness (QED) is 0.647. The molecular weight excluding hydrogens is 274 g/mol. The molecule has 1 aromatic rings. The molecule has 2 rings (SSSR count). The molecule has 1 heterocycles. The molecule has 1 amide bonds. The highest BCUT2D eigenvalue weighted by atomic mass is 16.6. The minimum atomic E-state index is -0.569. The van der Waals surface area contributed by atoms with E-state index in [0.29, 0.717) is 5.69 Å². The predicted octanol–water partition coefficient (Wildman–Crippen LogP) is 1.58. The summed E-state index contributed by atoms with van der Waals surface area (Å²) >= 11 is 0. The van der Waals surface area contributed by atoms with Crippen molar-refractivity contribution in [1.29, 1.82) is 0 Å². The number of pyridine rings is 1. The van der Waals surface area contributed by atoms with E-state index >= 15 is 0 Å². The standard InChI is InChI=1S/C14H19N3O4/c1-9-12(6-11(7-15-9)17(20)21)14(19)16-13-5-3-2-4-10(13)8-18/h6-7,10,13,18H,2-5,8H2,1H3,(H,16,19). The molecule has 1 aromatic heterocycles. The molecule has 0 radical (unpaired) electrons. The molecule has 0 aliphatic heterocycles. The van der Waals surface area contributed by atoms with Crippen molar-refractivity contribution in [1.82, 2.24) is 10.3 Å². The largest absolute Gasteiger partial charge is 0.396 e. The van der Waals surface area contributed by atoms with E-state index in [4.69, 9.17) is 0 Å². The van der Waals surface area contributed by atoms with Crippen LogP contribution in [0.25, 0.3) is 0 Å². The van der Waals surface area contributed by atoms with Gasteiger partial charge in [-0.05, 0) is 19.8 Å². The molecule has 1 aliphatic carbocycles. The monoisotopic (exact) mass is 293 g/mol. The fourth-order valence-corrected chi connectivity index (χ4v) is 2.71. The van der Waals surface area contributed by atoms with Crippen LogP contribution >= 0.6 is 0 Å². The molecule has 1 aliphatic rings. The molecule has 114 valence electrons. The number of hydrogen-bond acceptors (Lipinski definition) is 5. The fraction of sp³-hybridized carbons (Fsp3) is 0.571. The summed E-state index contributed by atoms with van der Waals surface area (Å²) in [6.07, 6.45) is 4.90.